The zero-order valence-electron chi connectivity index (χ0n) is 11.1. The zero-order chi connectivity index (χ0) is 13.2. The lowest BCUT2D eigenvalue weighted by molar-refractivity contribution is -0.153. The fraction of sp³-hybridized carbons (Fsp3) is 0.500. The number of carbonyl (C=O) groups is 1. The molecule has 0 heterocycles. The second-order valence-corrected chi connectivity index (χ2v) is 4.33. The minimum Gasteiger partial charge on any atom is -0.464 e. The van der Waals surface area contributed by atoms with Crippen LogP contribution in [-0.4, -0.2) is 17.7 Å². The number of ether oxygens (including phenoxy) is 1. The van der Waals surface area contributed by atoms with Crippen LogP contribution in [0.3, 0.4) is 0 Å². The maximum absolute atomic E-state index is 11.6. The second kappa shape index (κ2) is 5.32. The maximum Gasteiger partial charge on any atom is 0.339 e. The molecule has 3 nitrogen and oxygen atoms in total. The van der Waals surface area contributed by atoms with Gasteiger partial charge in [-0.05, 0) is 62.4 Å². The summed E-state index contributed by atoms with van der Waals surface area (Å²) in [4.78, 5) is 11.6. The molecule has 0 radical (unpaired) electrons. The molecule has 0 spiro atoms. The molecule has 1 aromatic carbocycles. The van der Waals surface area contributed by atoms with Crippen molar-refractivity contribution >= 4 is 5.97 Å². The summed E-state index contributed by atoms with van der Waals surface area (Å²) in [6.07, 6.45) is -1.19. The number of rotatable bonds is 3. The second-order valence-electron chi connectivity index (χ2n) is 4.33. The highest BCUT2D eigenvalue weighted by molar-refractivity contribution is 5.77. The highest BCUT2D eigenvalue weighted by atomic mass is 16.5. The van der Waals surface area contributed by atoms with Gasteiger partial charge in [0.05, 0.1) is 6.61 Å². The van der Waals surface area contributed by atoms with E-state index in [0.717, 1.165) is 22.3 Å². The van der Waals surface area contributed by atoms with E-state index in [1.54, 1.807) is 6.92 Å². The van der Waals surface area contributed by atoms with Crippen LogP contribution in [0.25, 0.3) is 0 Å². The van der Waals surface area contributed by atoms with E-state index < -0.39 is 12.1 Å². The average molecular weight is 236 g/mol. The lowest BCUT2D eigenvalue weighted by Crippen LogP contribution is -2.18. The van der Waals surface area contributed by atoms with Gasteiger partial charge in [0.25, 0.3) is 0 Å². The molecule has 94 valence electrons. The van der Waals surface area contributed by atoms with E-state index in [9.17, 15) is 9.90 Å². The topological polar surface area (TPSA) is 46.5 Å². The van der Waals surface area contributed by atoms with E-state index in [-0.39, 0.29) is 6.61 Å². The molecule has 1 atom stereocenters. The third-order valence-corrected chi connectivity index (χ3v) is 3.21. The minimum absolute atomic E-state index is 0.277. The number of hydrogen-bond acceptors (Lipinski definition) is 3. The molecule has 0 bridgehead atoms. The quantitative estimate of drug-likeness (QED) is 0.820. The Morgan fingerprint density at radius 2 is 1.71 bits per heavy atom. The summed E-state index contributed by atoms with van der Waals surface area (Å²) in [5.74, 6) is -0.580. The third kappa shape index (κ3) is 2.67. The van der Waals surface area contributed by atoms with Crippen molar-refractivity contribution in [2.75, 3.05) is 6.61 Å². The van der Waals surface area contributed by atoms with E-state index in [1.165, 1.54) is 0 Å². The van der Waals surface area contributed by atoms with Gasteiger partial charge in [-0.2, -0.15) is 0 Å². The largest absolute Gasteiger partial charge is 0.464 e. The van der Waals surface area contributed by atoms with Crippen LogP contribution in [0.5, 0.6) is 0 Å². The first-order valence-corrected chi connectivity index (χ1v) is 5.82. The third-order valence-electron chi connectivity index (χ3n) is 3.21. The van der Waals surface area contributed by atoms with Crippen molar-refractivity contribution in [3.63, 3.8) is 0 Å². The minimum atomic E-state index is -1.19. The van der Waals surface area contributed by atoms with Gasteiger partial charge in [0.1, 0.15) is 0 Å². The van der Waals surface area contributed by atoms with Gasteiger partial charge in [0, 0.05) is 0 Å². The number of hydrogen-bond donors (Lipinski definition) is 1. The lowest BCUT2D eigenvalue weighted by atomic mass is 9.91. The predicted molar refractivity (Wildman–Crippen MR) is 67.0 cm³/mol. The molecule has 0 aliphatic carbocycles. The molecule has 1 aromatic rings. The Hall–Kier alpha value is -1.35. The molecule has 0 aliphatic heterocycles. The Kier molecular flexibility index (Phi) is 4.29. The van der Waals surface area contributed by atoms with E-state index in [4.69, 9.17) is 4.74 Å². The average Bonchev–Trinajstić information content (AvgIpc) is 2.27. The van der Waals surface area contributed by atoms with Gasteiger partial charge in [0.15, 0.2) is 6.10 Å². The molecular formula is C14H20O3. The number of benzene rings is 1. The van der Waals surface area contributed by atoms with Gasteiger partial charge in [-0.15, -0.1) is 0 Å². The standard InChI is InChI=1S/C14H20O3/c1-6-17-14(16)13(15)12-10(4)8(2)7-9(3)11(12)5/h7,13,15H,6H2,1-5H3. The van der Waals surface area contributed by atoms with Crippen LogP contribution in [0.2, 0.25) is 0 Å². The van der Waals surface area contributed by atoms with Crippen molar-refractivity contribution in [3.8, 4) is 0 Å². The first kappa shape index (κ1) is 13.7. The highest BCUT2D eigenvalue weighted by Crippen LogP contribution is 2.28. The molecule has 0 fully saturated rings. The molecule has 0 saturated heterocycles. The van der Waals surface area contributed by atoms with Crippen LogP contribution >= 0.6 is 0 Å². The van der Waals surface area contributed by atoms with Crippen LogP contribution < -0.4 is 0 Å². The van der Waals surface area contributed by atoms with E-state index in [1.807, 2.05) is 27.7 Å². The predicted octanol–water partition coefficient (Wildman–Crippen LogP) is 2.52. The Balaban J connectivity index is 3.25. The van der Waals surface area contributed by atoms with Crippen molar-refractivity contribution in [1.82, 2.24) is 0 Å². The van der Waals surface area contributed by atoms with Gasteiger partial charge < -0.3 is 9.84 Å². The number of aliphatic hydroxyl groups is 1. The Morgan fingerprint density at radius 1 is 1.24 bits per heavy atom. The summed E-state index contributed by atoms with van der Waals surface area (Å²) < 4.78 is 4.86. The van der Waals surface area contributed by atoms with Crippen molar-refractivity contribution in [3.05, 3.63) is 33.9 Å². The van der Waals surface area contributed by atoms with Crippen LogP contribution in [0.1, 0.15) is 40.8 Å². The molecule has 0 aliphatic rings. The first-order chi connectivity index (χ1) is 7.90. The summed E-state index contributed by atoms with van der Waals surface area (Å²) >= 11 is 0. The molecule has 1 rings (SSSR count). The van der Waals surface area contributed by atoms with Crippen molar-refractivity contribution in [2.45, 2.75) is 40.7 Å². The summed E-state index contributed by atoms with van der Waals surface area (Å²) in [6, 6.07) is 2.06. The van der Waals surface area contributed by atoms with Gasteiger partial charge in [-0.25, -0.2) is 4.79 Å². The van der Waals surface area contributed by atoms with Crippen molar-refractivity contribution in [1.29, 1.82) is 0 Å². The van der Waals surface area contributed by atoms with E-state index in [2.05, 4.69) is 6.07 Å². The number of carbonyl (C=O) groups excluding carboxylic acids is 1. The molecule has 0 saturated carbocycles. The number of aliphatic hydroxyl groups excluding tert-OH is 1. The summed E-state index contributed by atoms with van der Waals surface area (Å²) in [5.41, 5.74) is 4.74. The first-order valence-electron chi connectivity index (χ1n) is 5.82. The summed E-state index contributed by atoms with van der Waals surface area (Å²) in [5, 5.41) is 10.1. The summed E-state index contributed by atoms with van der Waals surface area (Å²) in [6.45, 7) is 9.79. The van der Waals surface area contributed by atoms with Crippen LogP contribution in [0, 0.1) is 27.7 Å². The smallest absolute Gasteiger partial charge is 0.339 e. The van der Waals surface area contributed by atoms with Gasteiger partial charge >= 0.3 is 5.97 Å². The van der Waals surface area contributed by atoms with Crippen molar-refractivity contribution in [2.24, 2.45) is 0 Å². The van der Waals surface area contributed by atoms with E-state index in [0.29, 0.717) is 5.56 Å². The van der Waals surface area contributed by atoms with E-state index >= 15 is 0 Å². The molecule has 0 amide bonds. The number of esters is 1. The molecule has 1 unspecified atom stereocenters. The molecule has 17 heavy (non-hydrogen) atoms. The van der Waals surface area contributed by atoms with Gasteiger partial charge in [0.2, 0.25) is 0 Å². The SMILES string of the molecule is CCOC(=O)C(O)c1c(C)c(C)cc(C)c1C. The normalized spacial score (nSPS) is 12.4. The van der Waals surface area contributed by atoms with Crippen molar-refractivity contribution < 1.29 is 14.6 Å². The summed E-state index contributed by atoms with van der Waals surface area (Å²) in [7, 11) is 0. The van der Waals surface area contributed by atoms with Crippen LogP contribution in [0.15, 0.2) is 6.07 Å². The Bertz CT molecular complexity index is 409. The van der Waals surface area contributed by atoms with Gasteiger partial charge in [-0.1, -0.05) is 6.07 Å². The molecule has 0 aromatic heterocycles. The van der Waals surface area contributed by atoms with Crippen LogP contribution in [0.4, 0.5) is 0 Å². The van der Waals surface area contributed by atoms with Crippen LogP contribution in [-0.2, 0) is 9.53 Å². The molecule has 1 N–H and O–H groups in total. The number of aryl methyl sites for hydroxylation is 2. The monoisotopic (exact) mass is 236 g/mol. The molecular weight excluding hydrogens is 216 g/mol. The van der Waals surface area contributed by atoms with Gasteiger partial charge in [-0.3, -0.25) is 0 Å². The zero-order valence-corrected chi connectivity index (χ0v) is 11.1. The highest BCUT2D eigenvalue weighted by Gasteiger charge is 2.23. The Labute approximate surface area is 102 Å². The Morgan fingerprint density at radius 3 is 2.12 bits per heavy atom. The lowest BCUT2D eigenvalue weighted by Gasteiger charge is -2.19. The maximum atomic E-state index is 11.6. The fourth-order valence-electron chi connectivity index (χ4n) is 2.00. The molecule has 3 heteroatoms. The fourth-order valence-corrected chi connectivity index (χ4v) is 2.00.